The molecule has 1 nitrogen and oxygen atoms in total. The molecule has 0 aliphatic rings. The van der Waals surface area contributed by atoms with E-state index in [4.69, 9.17) is 0 Å². The standard InChI is InChI=1S/C17H21BrN/c1-3-15(4-2)16-9-11-19(12-10-16)13-14-5-7-17(18)8-6-14/h5-12,15H,3-4,13H2,1-2H3/q+1. The van der Waals surface area contributed by atoms with Gasteiger partial charge in [0.05, 0.1) is 0 Å². The number of rotatable bonds is 5. The molecule has 19 heavy (non-hydrogen) atoms. The largest absolute Gasteiger partial charge is 0.201 e. The smallest absolute Gasteiger partial charge is 0.173 e. The van der Waals surface area contributed by atoms with Crippen LogP contribution in [0.25, 0.3) is 0 Å². The van der Waals surface area contributed by atoms with Crippen molar-refractivity contribution in [1.82, 2.24) is 0 Å². The van der Waals surface area contributed by atoms with Gasteiger partial charge in [0, 0.05) is 22.2 Å². The van der Waals surface area contributed by atoms with Gasteiger partial charge in [-0.1, -0.05) is 41.9 Å². The van der Waals surface area contributed by atoms with Crippen molar-refractivity contribution in [2.24, 2.45) is 0 Å². The third-order valence-electron chi connectivity index (χ3n) is 3.65. The van der Waals surface area contributed by atoms with Crippen LogP contribution in [0.5, 0.6) is 0 Å². The second kappa shape index (κ2) is 6.85. The second-order valence-electron chi connectivity index (χ2n) is 4.94. The van der Waals surface area contributed by atoms with E-state index in [1.165, 1.54) is 24.0 Å². The van der Waals surface area contributed by atoms with Crippen LogP contribution in [-0.4, -0.2) is 0 Å². The zero-order chi connectivity index (χ0) is 13.7. The van der Waals surface area contributed by atoms with Gasteiger partial charge in [-0.25, -0.2) is 4.57 Å². The summed E-state index contributed by atoms with van der Waals surface area (Å²) in [6.07, 6.45) is 6.81. The summed E-state index contributed by atoms with van der Waals surface area (Å²) < 4.78 is 3.36. The van der Waals surface area contributed by atoms with E-state index in [9.17, 15) is 0 Å². The van der Waals surface area contributed by atoms with Gasteiger partial charge in [-0.3, -0.25) is 0 Å². The van der Waals surface area contributed by atoms with Crippen LogP contribution in [-0.2, 0) is 6.54 Å². The fourth-order valence-electron chi connectivity index (χ4n) is 2.41. The Kier molecular flexibility index (Phi) is 5.15. The van der Waals surface area contributed by atoms with Crippen LogP contribution in [0.2, 0.25) is 0 Å². The van der Waals surface area contributed by atoms with Crippen molar-refractivity contribution >= 4 is 15.9 Å². The molecular formula is C17H21BrN+. The van der Waals surface area contributed by atoms with Crippen molar-refractivity contribution in [2.75, 3.05) is 0 Å². The van der Waals surface area contributed by atoms with Gasteiger partial charge in [0.2, 0.25) is 0 Å². The summed E-state index contributed by atoms with van der Waals surface area (Å²) in [7, 11) is 0. The number of aromatic nitrogens is 1. The summed E-state index contributed by atoms with van der Waals surface area (Å²) in [4.78, 5) is 0. The minimum Gasteiger partial charge on any atom is -0.201 e. The van der Waals surface area contributed by atoms with Crippen LogP contribution in [0.1, 0.15) is 43.7 Å². The topological polar surface area (TPSA) is 3.88 Å². The molecule has 0 bridgehead atoms. The Morgan fingerprint density at radius 3 is 2.05 bits per heavy atom. The van der Waals surface area contributed by atoms with Gasteiger partial charge >= 0.3 is 0 Å². The molecule has 1 aromatic carbocycles. The highest BCUT2D eigenvalue weighted by Crippen LogP contribution is 2.21. The zero-order valence-electron chi connectivity index (χ0n) is 11.6. The van der Waals surface area contributed by atoms with Gasteiger partial charge in [0.1, 0.15) is 0 Å². The molecule has 0 radical (unpaired) electrons. The molecule has 0 saturated heterocycles. The fourth-order valence-corrected chi connectivity index (χ4v) is 2.67. The third kappa shape index (κ3) is 3.90. The molecule has 1 aromatic heterocycles. The van der Waals surface area contributed by atoms with Gasteiger partial charge in [0.15, 0.2) is 18.9 Å². The van der Waals surface area contributed by atoms with E-state index in [0.717, 1.165) is 11.0 Å². The molecule has 2 aromatic rings. The van der Waals surface area contributed by atoms with Crippen molar-refractivity contribution in [3.05, 3.63) is 64.4 Å². The maximum atomic E-state index is 3.47. The van der Waals surface area contributed by atoms with Gasteiger partial charge < -0.3 is 0 Å². The van der Waals surface area contributed by atoms with Crippen molar-refractivity contribution in [2.45, 2.75) is 39.2 Å². The Balaban J connectivity index is 2.08. The Labute approximate surface area is 124 Å². The number of hydrogen-bond acceptors (Lipinski definition) is 0. The normalized spacial score (nSPS) is 10.9. The molecule has 0 saturated carbocycles. The number of pyridine rings is 1. The van der Waals surface area contributed by atoms with Crippen molar-refractivity contribution in [1.29, 1.82) is 0 Å². The molecule has 0 N–H and O–H groups in total. The minimum absolute atomic E-state index is 0.697. The first-order chi connectivity index (χ1) is 9.22. The summed E-state index contributed by atoms with van der Waals surface area (Å²) in [5.74, 6) is 0.697. The zero-order valence-corrected chi connectivity index (χ0v) is 13.2. The maximum absolute atomic E-state index is 3.47. The monoisotopic (exact) mass is 318 g/mol. The summed E-state index contributed by atoms with van der Waals surface area (Å²) >= 11 is 3.47. The first-order valence-electron chi connectivity index (χ1n) is 6.96. The average molecular weight is 319 g/mol. The van der Waals surface area contributed by atoms with Gasteiger partial charge in [-0.2, -0.15) is 0 Å². The summed E-state index contributed by atoms with van der Waals surface area (Å²) in [6.45, 7) is 5.45. The lowest BCUT2D eigenvalue weighted by Gasteiger charge is -2.11. The second-order valence-corrected chi connectivity index (χ2v) is 5.86. The van der Waals surface area contributed by atoms with E-state index in [1.807, 2.05) is 0 Å². The number of benzene rings is 1. The van der Waals surface area contributed by atoms with E-state index in [1.54, 1.807) is 0 Å². The van der Waals surface area contributed by atoms with Crippen LogP contribution in [0.15, 0.2) is 53.3 Å². The molecular weight excluding hydrogens is 298 g/mol. The molecule has 0 amide bonds. The predicted molar refractivity (Wildman–Crippen MR) is 83.2 cm³/mol. The predicted octanol–water partition coefficient (Wildman–Crippen LogP) is 4.69. The average Bonchev–Trinajstić information content (AvgIpc) is 2.44. The summed E-state index contributed by atoms with van der Waals surface area (Å²) in [5.41, 5.74) is 2.78. The Bertz CT molecular complexity index is 498. The molecule has 2 rings (SSSR count). The molecule has 0 unspecified atom stereocenters. The Morgan fingerprint density at radius 1 is 0.947 bits per heavy atom. The van der Waals surface area contributed by atoms with Gasteiger partial charge in [-0.15, -0.1) is 0 Å². The first kappa shape index (κ1) is 14.3. The quantitative estimate of drug-likeness (QED) is 0.704. The van der Waals surface area contributed by atoms with Crippen LogP contribution in [0.3, 0.4) is 0 Å². The van der Waals surface area contributed by atoms with Crippen LogP contribution < -0.4 is 4.57 Å². The highest BCUT2D eigenvalue weighted by molar-refractivity contribution is 9.10. The first-order valence-corrected chi connectivity index (χ1v) is 7.75. The van der Waals surface area contributed by atoms with Gasteiger partial charge in [0.25, 0.3) is 0 Å². The lowest BCUT2D eigenvalue weighted by atomic mass is 9.95. The molecule has 0 aliphatic heterocycles. The fraction of sp³-hybridized carbons (Fsp3) is 0.353. The van der Waals surface area contributed by atoms with E-state index >= 15 is 0 Å². The minimum atomic E-state index is 0.697. The van der Waals surface area contributed by atoms with E-state index in [2.05, 4.69) is 83.1 Å². The third-order valence-corrected chi connectivity index (χ3v) is 4.18. The summed E-state index contributed by atoms with van der Waals surface area (Å²) in [5, 5.41) is 0. The van der Waals surface area contributed by atoms with Crippen molar-refractivity contribution < 1.29 is 4.57 Å². The molecule has 0 aliphatic carbocycles. The highest BCUT2D eigenvalue weighted by atomic mass is 79.9. The number of nitrogens with zero attached hydrogens (tertiary/aromatic N) is 1. The van der Waals surface area contributed by atoms with E-state index in [-0.39, 0.29) is 0 Å². The van der Waals surface area contributed by atoms with Crippen LogP contribution in [0, 0.1) is 0 Å². The maximum Gasteiger partial charge on any atom is 0.173 e. The molecule has 0 fully saturated rings. The molecule has 100 valence electrons. The number of hydrogen-bond donors (Lipinski definition) is 0. The summed E-state index contributed by atoms with van der Waals surface area (Å²) in [6, 6.07) is 13.0. The Hall–Kier alpha value is -1.15. The van der Waals surface area contributed by atoms with Crippen LogP contribution >= 0.6 is 15.9 Å². The van der Waals surface area contributed by atoms with Crippen molar-refractivity contribution in [3.8, 4) is 0 Å². The molecule has 0 atom stereocenters. The lowest BCUT2D eigenvalue weighted by molar-refractivity contribution is -0.688. The molecule has 0 spiro atoms. The molecule has 1 heterocycles. The van der Waals surface area contributed by atoms with E-state index < -0.39 is 0 Å². The number of halogens is 1. The highest BCUT2D eigenvalue weighted by Gasteiger charge is 2.09. The lowest BCUT2D eigenvalue weighted by Crippen LogP contribution is -2.33. The van der Waals surface area contributed by atoms with Gasteiger partial charge in [-0.05, 0) is 36.5 Å². The SMILES string of the molecule is CCC(CC)c1cc[n+](Cc2ccc(Br)cc2)cc1. The Morgan fingerprint density at radius 2 is 1.53 bits per heavy atom. The van der Waals surface area contributed by atoms with Crippen molar-refractivity contribution in [3.63, 3.8) is 0 Å². The van der Waals surface area contributed by atoms with Crippen LogP contribution in [0.4, 0.5) is 0 Å². The van der Waals surface area contributed by atoms with E-state index in [0.29, 0.717) is 5.92 Å². The molecule has 2 heteroatoms.